The lowest BCUT2D eigenvalue weighted by molar-refractivity contribution is -0.122. The van der Waals surface area contributed by atoms with Gasteiger partial charge in [0.2, 0.25) is 5.91 Å². The van der Waals surface area contributed by atoms with E-state index in [2.05, 4.69) is 5.32 Å². The minimum atomic E-state index is -0.379. The van der Waals surface area contributed by atoms with E-state index in [4.69, 9.17) is 23.8 Å². The Bertz CT molecular complexity index is 932. The third kappa shape index (κ3) is 4.94. The van der Waals surface area contributed by atoms with E-state index in [9.17, 15) is 14.0 Å². The Labute approximate surface area is 170 Å². The Balaban J connectivity index is 1.61. The second kappa shape index (κ2) is 8.65. The van der Waals surface area contributed by atoms with Crippen LogP contribution in [0.4, 0.5) is 10.1 Å². The minimum Gasteiger partial charge on any atom is -0.326 e. The van der Waals surface area contributed by atoms with Crippen LogP contribution in [0.3, 0.4) is 0 Å². The maximum absolute atomic E-state index is 12.9. The maximum atomic E-state index is 12.9. The number of thiocarbonyl (C=S) groups is 1. The predicted molar refractivity (Wildman–Crippen MR) is 111 cm³/mol. The van der Waals surface area contributed by atoms with Gasteiger partial charge in [-0.15, -0.1) is 0 Å². The van der Waals surface area contributed by atoms with Crippen molar-refractivity contribution in [2.45, 2.75) is 6.42 Å². The molecule has 0 saturated carbocycles. The van der Waals surface area contributed by atoms with E-state index in [0.717, 1.165) is 5.56 Å². The zero-order valence-corrected chi connectivity index (χ0v) is 16.3. The average Bonchev–Trinajstić information content (AvgIpc) is 2.90. The first kappa shape index (κ1) is 19.5. The van der Waals surface area contributed by atoms with Gasteiger partial charge >= 0.3 is 0 Å². The molecule has 138 valence electrons. The molecule has 1 aliphatic rings. The van der Waals surface area contributed by atoms with E-state index in [0.29, 0.717) is 19.9 Å². The van der Waals surface area contributed by atoms with E-state index in [1.807, 2.05) is 18.2 Å². The normalized spacial score (nSPS) is 15.5. The van der Waals surface area contributed by atoms with Crippen LogP contribution >= 0.6 is 35.6 Å². The summed E-state index contributed by atoms with van der Waals surface area (Å²) in [4.78, 5) is 26.5. The van der Waals surface area contributed by atoms with Gasteiger partial charge in [-0.2, -0.15) is 0 Å². The number of halogens is 2. The van der Waals surface area contributed by atoms with Gasteiger partial charge in [0.1, 0.15) is 10.1 Å². The van der Waals surface area contributed by atoms with Crippen molar-refractivity contribution in [2.75, 3.05) is 11.9 Å². The highest BCUT2D eigenvalue weighted by molar-refractivity contribution is 8.26. The number of rotatable bonds is 5. The lowest BCUT2D eigenvalue weighted by Crippen LogP contribution is -2.31. The Morgan fingerprint density at radius 2 is 1.93 bits per heavy atom. The quantitative estimate of drug-likeness (QED) is 0.562. The first-order chi connectivity index (χ1) is 12.9. The summed E-state index contributed by atoms with van der Waals surface area (Å²) in [6.45, 7) is 0.164. The molecule has 0 spiro atoms. The first-order valence-corrected chi connectivity index (χ1v) is 9.59. The van der Waals surface area contributed by atoms with Gasteiger partial charge in [-0.05, 0) is 42.0 Å². The SMILES string of the molecule is O=C(CCN1C(=O)/C(=C/c2ccccc2Cl)SC1=S)Nc1ccc(F)cc1. The fourth-order valence-corrected chi connectivity index (χ4v) is 3.89. The highest BCUT2D eigenvalue weighted by Gasteiger charge is 2.32. The zero-order chi connectivity index (χ0) is 19.4. The van der Waals surface area contributed by atoms with Gasteiger partial charge in [0, 0.05) is 23.7 Å². The molecule has 4 nitrogen and oxygen atoms in total. The van der Waals surface area contributed by atoms with Crippen molar-refractivity contribution in [3.63, 3.8) is 0 Å². The Morgan fingerprint density at radius 3 is 2.63 bits per heavy atom. The van der Waals surface area contributed by atoms with Crippen LogP contribution in [0, 0.1) is 5.82 Å². The summed E-state index contributed by atoms with van der Waals surface area (Å²) >= 11 is 12.6. The molecule has 27 heavy (non-hydrogen) atoms. The van der Waals surface area contributed by atoms with E-state index in [1.54, 1.807) is 12.1 Å². The molecular weight excluding hydrogens is 407 g/mol. The smallest absolute Gasteiger partial charge is 0.266 e. The molecule has 2 aromatic rings. The predicted octanol–water partition coefficient (Wildman–Crippen LogP) is 4.71. The van der Waals surface area contributed by atoms with Crippen LogP contribution < -0.4 is 5.32 Å². The standard InChI is InChI=1S/C19H14ClFN2O2S2/c20-15-4-2-1-3-12(15)11-16-18(25)23(19(26)27-16)10-9-17(24)22-14-7-5-13(21)6-8-14/h1-8,11H,9-10H2,(H,22,24)/b16-11-. The summed E-state index contributed by atoms with van der Waals surface area (Å²) in [5.74, 6) is -0.916. The van der Waals surface area contributed by atoms with Gasteiger partial charge in [0.15, 0.2) is 0 Å². The van der Waals surface area contributed by atoms with Crippen LogP contribution in [0.5, 0.6) is 0 Å². The van der Waals surface area contributed by atoms with Crippen molar-refractivity contribution >= 4 is 63.5 Å². The van der Waals surface area contributed by atoms with Crippen molar-refractivity contribution in [1.82, 2.24) is 4.90 Å². The number of anilines is 1. The lowest BCUT2D eigenvalue weighted by Gasteiger charge is -2.14. The number of nitrogens with one attached hydrogen (secondary N) is 1. The fraction of sp³-hybridized carbons (Fsp3) is 0.105. The molecule has 0 bridgehead atoms. The number of hydrogen-bond acceptors (Lipinski definition) is 4. The number of benzene rings is 2. The number of thioether (sulfide) groups is 1. The molecule has 1 saturated heterocycles. The molecular formula is C19H14ClFN2O2S2. The Kier molecular flexibility index (Phi) is 6.26. The minimum absolute atomic E-state index is 0.0726. The highest BCUT2D eigenvalue weighted by Crippen LogP contribution is 2.33. The van der Waals surface area contributed by atoms with Crippen LogP contribution in [0.1, 0.15) is 12.0 Å². The van der Waals surface area contributed by atoms with Crippen LogP contribution in [0.15, 0.2) is 53.4 Å². The highest BCUT2D eigenvalue weighted by atomic mass is 35.5. The van der Waals surface area contributed by atoms with Crippen LogP contribution in [-0.2, 0) is 9.59 Å². The van der Waals surface area contributed by atoms with Crippen LogP contribution in [0.25, 0.3) is 6.08 Å². The monoisotopic (exact) mass is 420 g/mol. The van der Waals surface area contributed by atoms with Crippen molar-refractivity contribution in [3.8, 4) is 0 Å². The van der Waals surface area contributed by atoms with Crippen molar-refractivity contribution < 1.29 is 14.0 Å². The van der Waals surface area contributed by atoms with Crippen molar-refractivity contribution in [2.24, 2.45) is 0 Å². The summed E-state index contributed by atoms with van der Waals surface area (Å²) < 4.78 is 13.3. The molecule has 1 aliphatic heterocycles. The molecule has 2 amide bonds. The van der Waals surface area contributed by atoms with Gasteiger partial charge in [0.25, 0.3) is 5.91 Å². The van der Waals surface area contributed by atoms with E-state index < -0.39 is 0 Å². The van der Waals surface area contributed by atoms with Crippen LogP contribution in [0.2, 0.25) is 5.02 Å². The molecule has 0 aromatic heterocycles. The van der Waals surface area contributed by atoms with Gasteiger partial charge in [0.05, 0.1) is 4.91 Å². The summed E-state index contributed by atoms with van der Waals surface area (Å²) in [5, 5.41) is 3.20. The molecule has 8 heteroatoms. The molecule has 0 atom stereocenters. The summed E-state index contributed by atoms with van der Waals surface area (Å²) in [6, 6.07) is 12.7. The summed E-state index contributed by atoms with van der Waals surface area (Å²) in [5.41, 5.74) is 1.22. The third-order valence-electron chi connectivity index (χ3n) is 3.76. The van der Waals surface area contributed by atoms with E-state index in [-0.39, 0.29) is 30.6 Å². The molecule has 3 rings (SSSR count). The molecule has 0 radical (unpaired) electrons. The molecule has 1 heterocycles. The van der Waals surface area contributed by atoms with Gasteiger partial charge in [-0.1, -0.05) is 53.8 Å². The van der Waals surface area contributed by atoms with Crippen LogP contribution in [-0.4, -0.2) is 27.6 Å². The maximum Gasteiger partial charge on any atom is 0.266 e. The Hall–Kier alpha value is -2.22. The number of nitrogens with zero attached hydrogens (tertiary/aromatic N) is 1. The number of amides is 2. The average molecular weight is 421 g/mol. The summed E-state index contributed by atoms with van der Waals surface area (Å²) in [6.07, 6.45) is 1.77. The number of hydrogen-bond donors (Lipinski definition) is 1. The Morgan fingerprint density at radius 1 is 1.22 bits per heavy atom. The number of carbonyl (C=O) groups excluding carboxylic acids is 2. The zero-order valence-electron chi connectivity index (χ0n) is 13.9. The first-order valence-electron chi connectivity index (χ1n) is 7.99. The second-order valence-corrected chi connectivity index (χ2v) is 7.74. The topological polar surface area (TPSA) is 49.4 Å². The number of carbonyl (C=O) groups is 2. The molecule has 1 N–H and O–H groups in total. The fourth-order valence-electron chi connectivity index (χ4n) is 2.40. The van der Waals surface area contributed by atoms with E-state index in [1.165, 1.54) is 40.9 Å². The van der Waals surface area contributed by atoms with Gasteiger partial charge in [-0.3, -0.25) is 14.5 Å². The summed E-state index contributed by atoms with van der Waals surface area (Å²) in [7, 11) is 0. The van der Waals surface area contributed by atoms with Gasteiger partial charge < -0.3 is 5.32 Å². The molecule has 2 aromatic carbocycles. The van der Waals surface area contributed by atoms with Crippen molar-refractivity contribution in [3.05, 3.63) is 69.8 Å². The van der Waals surface area contributed by atoms with Gasteiger partial charge in [-0.25, -0.2) is 4.39 Å². The second-order valence-electron chi connectivity index (χ2n) is 5.66. The lowest BCUT2D eigenvalue weighted by atomic mass is 10.2. The molecule has 0 unspecified atom stereocenters. The van der Waals surface area contributed by atoms with Crippen molar-refractivity contribution in [1.29, 1.82) is 0 Å². The third-order valence-corrected chi connectivity index (χ3v) is 5.48. The molecule has 0 aliphatic carbocycles. The largest absolute Gasteiger partial charge is 0.326 e. The molecule has 1 fully saturated rings. The van der Waals surface area contributed by atoms with E-state index >= 15 is 0 Å².